The zero-order valence-corrected chi connectivity index (χ0v) is 13.3. The van der Waals surface area contributed by atoms with Crippen LogP contribution in [0.3, 0.4) is 0 Å². The third-order valence-electron chi connectivity index (χ3n) is 4.62. The zero-order valence-electron chi connectivity index (χ0n) is 12.5. The summed E-state index contributed by atoms with van der Waals surface area (Å²) in [5.74, 6) is 1.92. The third-order valence-corrected chi connectivity index (χ3v) is 5.52. The van der Waals surface area contributed by atoms with Crippen LogP contribution in [0.1, 0.15) is 57.2 Å². The van der Waals surface area contributed by atoms with Crippen LogP contribution in [0, 0.1) is 11.8 Å². The van der Waals surface area contributed by atoms with Crippen molar-refractivity contribution in [1.29, 1.82) is 0 Å². The van der Waals surface area contributed by atoms with Crippen LogP contribution in [0.5, 0.6) is 0 Å². The molecule has 2 heteroatoms. The van der Waals surface area contributed by atoms with Gasteiger partial charge in [-0.2, -0.15) is 0 Å². The number of thiophene rings is 1. The molecule has 2 rings (SSSR count). The average Bonchev–Trinajstić information content (AvgIpc) is 2.93. The molecule has 0 amide bonds. The zero-order chi connectivity index (χ0) is 13.5. The highest BCUT2D eigenvalue weighted by atomic mass is 32.1. The van der Waals surface area contributed by atoms with Crippen LogP contribution in [0.4, 0.5) is 0 Å². The van der Waals surface area contributed by atoms with E-state index in [0.29, 0.717) is 6.04 Å². The van der Waals surface area contributed by atoms with Crippen molar-refractivity contribution in [2.75, 3.05) is 6.54 Å². The molecule has 1 aliphatic rings. The van der Waals surface area contributed by atoms with Crippen molar-refractivity contribution in [1.82, 2.24) is 5.32 Å². The van der Waals surface area contributed by atoms with E-state index in [0.717, 1.165) is 18.4 Å². The van der Waals surface area contributed by atoms with E-state index in [1.807, 2.05) is 11.3 Å². The van der Waals surface area contributed by atoms with Gasteiger partial charge < -0.3 is 5.32 Å². The molecule has 0 saturated heterocycles. The lowest BCUT2D eigenvalue weighted by molar-refractivity contribution is 0.214. The van der Waals surface area contributed by atoms with Gasteiger partial charge >= 0.3 is 0 Å². The lowest BCUT2D eigenvalue weighted by Crippen LogP contribution is -2.39. The molecule has 1 aromatic heterocycles. The predicted octanol–water partition coefficient (Wildman–Crippen LogP) is 4.88. The van der Waals surface area contributed by atoms with Crippen molar-refractivity contribution in [3.05, 3.63) is 22.4 Å². The Morgan fingerprint density at radius 3 is 2.63 bits per heavy atom. The maximum Gasteiger partial charge on any atom is 0.0143 e. The summed E-state index contributed by atoms with van der Waals surface area (Å²) in [5.41, 5.74) is 0. The fraction of sp³-hybridized carbons (Fsp3) is 0.765. The van der Waals surface area contributed by atoms with Gasteiger partial charge in [0.2, 0.25) is 0 Å². The summed E-state index contributed by atoms with van der Waals surface area (Å²) in [7, 11) is 0. The molecule has 1 N–H and O–H groups in total. The van der Waals surface area contributed by atoms with Gasteiger partial charge in [-0.25, -0.2) is 0 Å². The Hall–Kier alpha value is -0.340. The highest BCUT2D eigenvalue weighted by Gasteiger charge is 2.27. The third kappa shape index (κ3) is 4.61. The van der Waals surface area contributed by atoms with E-state index in [1.54, 1.807) is 4.88 Å². The Kier molecular flexibility index (Phi) is 6.39. The average molecular weight is 279 g/mol. The Balaban J connectivity index is 1.85. The molecule has 0 bridgehead atoms. The van der Waals surface area contributed by atoms with Crippen LogP contribution in [-0.2, 0) is 6.42 Å². The number of hydrogen-bond donors (Lipinski definition) is 1. The quantitative estimate of drug-likeness (QED) is 0.750. The first-order valence-corrected chi connectivity index (χ1v) is 8.97. The second kappa shape index (κ2) is 8.06. The number of nitrogens with one attached hydrogen (secondary N) is 1. The molecular weight excluding hydrogens is 250 g/mol. The van der Waals surface area contributed by atoms with Crippen LogP contribution in [0.2, 0.25) is 0 Å². The van der Waals surface area contributed by atoms with Crippen LogP contribution < -0.4 is 5.32 Å². The molecule has 1 saturated carbocycles. The molecule has 108 valence electrons. The molecule has 0 aromatic carbocycles. The predicted molar refractivity (Wildman–Crippen MR) is 85.8 cm³/mol. The van der Waals surface area contributed by atoms with Gasteiger partial charge in [0, 0.05) is 10.9 Å². The summed E-state index contributed by atoms with van der Waals surface area (Å²) < 4.78 is 0. The SMILES string of the molecule is CCCC1CCC(C(Cc2cccs2)NCC)CC1. The van der Waals surface area contributed by atoms with Crippen molar-refractivity contribution in [2.45, 2.75) is 64.8 Å². The van der Waals surface area contributed by atoms with E-state index in [1.165, 1.54) is 44.9 Å². The Bertz CT molecular complexity index is 325. The smallest absolute Gasteiger partial charge is 0.0143 e. The number of rotatable bonds is 7. The molecular formula is C17H29NS. The van der Waals surface area contributed by atoms with Crippen molar-refractivity contribution in [3.8, 4) is 0 Å². The summed E-state index contributed by atoms with van der Waals surface area (Å²) >= 11 is 1.91. The molecule has 1 unspecified atom stereocenters. The minimum Gasteiger partial charge on any atom is -0.314 e. The molecule has 0 aliphatic heterocycles. The topological polar surface area (TPSA) is 12.0 Å². The highest BCUT2D eigenvalue weighted by Crippen LogP contribution is 2.34. The first-order chi connectivity index (χ1) is 9.33. The Labute approximate surface area is 122 Å². The first-order valence-electron chi connectivity index (χ1n) is 8.09. The molecule has 1 heterocycles. The summed E-state index contributed by atoms with van der Waals surface area (Å²) in [6.07, 6.45) is 9.84. The summed E-state index contributed by atoms with van der Waals surface area (Å²) in [4.78, 5) is 1.54. The van der Waals surface area contributed by atoms with Crippen molar-refractivity contribution in [2.24, 2.45) is 11.8 Å². The van der Waals surface area contributed by atoms with Crippen molar-refractivity contribution in [3.63, 3.8) is 0 Å². The fourth-order valence-electron chi connectivity index (χ4n) is 3.60. The van der Waals surface area contributed by atoms with Crippen LogP contribution in [0.15, 0.2) is 17.5 Å². The van der Waals surface area contributed by atoms with Crippen LogP contribution >= 0.6 is 11.3 Å². The van der Waals surface area contributed by atoms with Crippen LogP contribution in [0.25, 0.3) is 0 Å². The normalized spacial score (nSPS) is 25.4. The van der Waals surface area contributed by atoms with E-state index < -0.39 is 0 Å². The van der Waals surface area contributed by atoms with Gasteiger partial charge in [0.1, 0.15) is 0 Å². The summed E-state index contributed by atoms with van der Waals surface area (Å²) in [6.45, 7) is 5.67. The van der Waals surface area contributed by atoms with E-state index >= 15 is 0 Å². The van der Waals surface area contributed by atoms with E-state index in [2.05, 4.69) is 36.7 Å². The molecule has 19 heavy (non-hydrogen) atoms. The molecule has 0 spiro atoms. The van der Waals surface area contributed by atoms with Gasteiger partial charge in [0.25, 0.3) is 0 Å². The number of hydrogen-bond acceptors (Lipinski definition) is 2. The first kappa shape index (κ1) is 15.1. The van der Waals surface area contributed by atoms with Gasteiger partial charge in [-0.3, -0.25) is 0 Å². The van der Waals surface area contributed by atoms with Gasteiger partial charge in [-0.05, 0) is 49.1 Å². The maximum absolute atomic E-state index is 3.74. The lowest BCUT2D eigenvalue weighted by Gasteiger charge is -2.34. The second-order valence-corrected chi connectivity index (χ2v) is 7.05. The van der Waals surface area contributed by atoms with Crippen LogP contribution in [-0.4, -0.2) is 12.6 Å². The molecule has 1 aliphatic carbocycles. The highest BCUT2D eigenvalue weighted by molar-refractivity contribution is 7.09. The Morgan fingerprint density at radius 2 is 2.05 bits per heavy atom. The minimum absolute atomic E-state index is 0.700. The fourth-order valence-corrected chi connectivity index (χ4v) is 4.37. The Morgan fingerprint density at radius 1 is 1.26 bits per heavy atom. The monoisotopic (exact) mass is 279 g/mol. The largest absolute Gasteiger partial charge is 0.314 e. The van der Waals surface area contributed by atoms with Gasteiger partial charge in [-0.15, -0.1) is 11.3 Å². The summed E-state index contributed by atoms with van der Waals surface area (Å²) in [6, 6.07) is 5.17. The molecule has 1 fully saturated rings. The van der Waals surface area contributed by atoms with Gasteiger partial charge in [-0.1, -0.05) is 45.6 Å². The van der Waals surface area contributed by atoms with Gasteiger partial charge in [0.05, 0.1) is 0 Å². The maximum atomic E-state index is 3.74. The van der Waals surface area contributed by atoms with E-state index in [4.69, 9.17) is 0 Å². The van der Waals surface area contributed by atoms with Gasteiger partial charge in [0.15, 0.2) is 0 Å². The van der Waals surface area contributed by atoms with Crippen molar-refractivity contribution >= 4 is 11.3 Å². The summed E-state index contributed by atoms with van der Waals surface area (Å²) in [5, 5.41) is 5.95. The van der Waals surface area contributed by atoms with E-state index in [9.17, 15) is 0 Å². The second-order valence-electron chi connectivity index (χ2n) is 6.02. The van der Waals surface area contributed by atoms with E-state index in [-0.39, 0.29) is 0 Å². The molecule has 1 aromatic rings. The molecule has 0 radical (unpaired) electrons. The van der Waals surface area contributed by atoms with Crippen molar-refractivity contribution < 1.29 is 0 Å². The lowest BCUT2D eigenvalue weighted by atomic mass is 9.76. The standard InChI is InChI=1S/C17H29NS/c1-3-6-14-8-10-15(11-9-14)17(18-4-2)13-16-7-5-12-19-16/h5,7,12,14-15,17-18H,3-4,6,8-11,13H2,1-2H3. The molecule has 1 nitrogen and oxygen atoms in total. The number of likely N-dealkylation sites (N-methyl/N-ethyl adjacent to an activating group) is 1. The molecule has 1 atom stereocenters. The minimum atomic E-state index is 0.700.